The van der Waals surface area contributed by atoms with Gasteiger partial charge in [0.05, 0.1) is 0 Å². The van der Waals surface area contributed by atoms with Crippen LogP contribution in [-0.2, 0) is 5.92 Å². The fraction of sp³-hybridized carbons (Fsp3) is 0.400. The smallest absolute Gasteiger partial charge is 0.287 e. The van der Waals surface area contributed by atoms with E-state index in [0.717, 1.165) is 13.3 Å². The largest absolute Gasteiger partial charge is 0.451 e. The maximum atomic E-state index is 13.3. The molecule has 0 spiro atoms. The first-order valence-corrected chi connectivity index (χ1v) is 6.54. The molecule has 1 heterocycles. The first-order valence-electron chi connectivity index (χ1n) is 6.54. The van der Waals surface area contributed by atoms with E-state index in [1.165, 1.54) is 18.2 Å². The van der Waals surface area contributed by atoms with Gasteiger partial charge in [-0.3, -0.25) is 4.79 Å². The van der Waals surface area contributed by atoms with E-state index in [0.29, 0.717) is 23.1 Å². The molecule has 0 saturated carbocycles. The molecule has 20 heavy (non-hydrogen) atoms. The molecule has 0 aliphatic carbocycles. The Morgan fingerprint density at radius 2 is 2.10 bits per heavy atom. The molecule has 0 unspecified atom stereocenters. The lowest BCUT2D eigenvalue weighted by Crippen LogP contribution is -2.24. The highest BCUT2D eigenvalue weighted by molar-refractivity contribution is 5.99. The van der Waals surface area contributed by atoms with Gasteiger partial charge in [-0.1, -0.05) is 6.92 Å². The fourth-order valence-corrected chi connectivity index (χ4v) is 2.03. The van der Waals surface area contributed by atoms with E-state index >= 15 is 0 Å². The molecule has 2 aromatic rings. The molecule has 1 aromatic heterocycles. The van der Waals surface area contributed by atoms with E-state index in [-0.39, 0.29) is 17.2 Å². The van der Waals surface area contributed by atoms with Crippen molar-refractivity contribution in [2.75, 3.05) is 6.54 Å². The second kappa shape index (κ2) is 5.23. The van der Waals surface area contributed by atoms with Gasteiger partial charge in [0.2, 0.25) is 0 Å². The number of hydrogen-bond donors (Lipinski definition) is 1. The maximum Gasteiger partial charge on any atom is 0.287 e. The second-order valence-corrected chi connectivity index (χ2v) is 4.91. The summed E-state index contributed by atoms with van der Waals surface area (Å²) in [5.74, 6) is -3.04. The lowest BCUT2D eigenvalue weighted by atomic mass is 10.1. The van der Waals surface area contributed by atoms with Gasteiger partial charge in [0.1, 0.15) is 5.58 Å². The molecular weight excluding hydrogens is 264 g/mol. The van der Waals surface area contributed by atoms with Gasteiger partial charge in [-0.2, -0.15) is 0 Å². The number of benzene rings is 1. The number of rotatable bonds is 4. The number of furan rings is 1. The van der Waals surface area contributed by atoms with Crippen LogP contribution in [-0.4, -0.2) is 12.5 Å². The van der Waals surface area contributed by atoms with Crippen LogP contribution in [0, 0.1) is 6.92 Å². The Morgan fingerprint density at radius 3 is 2.70 bits per heavy atom. The summed E-state index contributed by atoms with van der Waals surface area (Å²) < 4.78 is 32.1. The standard InChI is InChI=1S/C15H17F2NO2/c1-4-7-18-14(19)13-9(2)11-8-10(15(3,16)17)5-6-12(11)20-13/h5-6,8H,4,7H2,1-3H3,(H,18,19). The number of aryl methyl sites for hydroxylation is 1. The quantitative estimate of drug-likeness (QED) is 0.920. The van der Waals surface area contributed by atoms with Crippen molar-refractivity contribution in [2.45, 2.75) is 33.1 Å². The summed E-state index contributed by atoms with van der Waals surface area (Å²) in [6.45, 7) is 5.04. The average molecular weight is 281 g/mol. The molecule has 0 atom stereocenters. The Bertz CT molecular complexity index is 641. The van der Waals surface area contributed by atoms with E-state index in [4.69, 9.17) is 4.42 Å². The summed E-state index contributed by atoms with van der Waals surface area (Å²) in [4.78, 5) is 11.9. The van der Waals surface area contributed by atoms with E-state index in [9.17, 15) is 13.6 Å². The zero-order valence-electron chi connectivity index (χ0n) is 11.7. The maximum absolute atomic E-state index is 13.3. The van der Waals surface area contributed by atoms with Crippen molar-refractivity contribution in [3.63, 3.8) is 0 Å². The van der Waals surface area contributed by atoms with Gasteiger partial charge < -0.3 is 9.73 Å². The molecular formula is C15H17F2NO2. The summed E-state index contributed by atoms with van der Waals surface area (Å²) in [6, 6.07) is 4.18. The molecule has 1 N–H and O–H groups in total. The van der Waals surface area contributed by atoms with Crippen LogP contribution in [0.5, 0.6) is 0 Å². The topological polar surface area (TPSA) is 42.2 Å². The summed E-state index contributed by atoms with van der Waals surface area (Å²) in [5, 5.41) is 3.26. The first kappa shape index (κ1) is 14.5. The summed E-state index contributed by atoms with van der Waals surface area (Å²) in [7, 11) is 0. The van der Waals surface area contributed by atoms with Crippen molar-refractivity contribution in [1.82, 2.24) is 5.32 Å². The van der Waals surface area contributed by atoms with Crippen molar-refractivity contribution >= 4 is 16.9 Å². The molecule has 0 bridgehead atoms. The third-order valence-corrected chi connectivity index (χ3v) is 3.18. The van der Waals surface area contributed by atoms with E-state index in [1.54, 1.807) is 6.92 Å². The summed E-state index contributed by atoms with van der Waals surface area (Å²) in [5.41, 5.74) is 0.936. The predicted molar refractivity (Wildman–Crippen MR) is 73.1 cm³/mol. The van der Waals surface area contributed by atoms with Crippen LogP contribution >= 0.6 is 0 Å². The number of amides is 1. The summed E-state index contributed by atoms with van der Waals surface area (Å²) >= 11 is 0. The van der Waals surface area contributed by atoms with Crippen LogP contribution in [0.3, 0.4) is 0 Å². The van der Waals surface area contributed by atoms with Crippen molar-refractivity contribution in [3.8, 4) is 0 Å². The minimum Gasteiger partial charge on any atom is -0.451 e. The molecule has 0 fully saturated rings. The van der Waals surface area contributed by atoms with Crippen LogP contribution in [0.1, 0.15) is 41.9 Å². The van der Waals surface area contributed by atoms with Crippen LogP contribution < -0.4 is 5.32 Å². The zero-order chi connectivity index (χ0) is 14.9. The Hall–Kier alpha value is -1.91. The normalized spacial score (nSPS) is 11.8. The third-order valence-electron chi connectivity index (χ3n) is 3.18. The second-order valence-electron chi connectivity index (χ2n) is 4.91. The van der Waals surface area contributed by atoms with Crippen LogP contribution in [0.15, 0.2) is 22.6 Å². The minimum absolute atomic E-state index is 0.0885. The summed E-state index contributed by atoms with van der Waals surface area (Å²) in [6.07, 6.45) is 0.817. The van der Waals surface area contributed by atoms with Crippen molar-refractivity contribution < 1.29 is 18.0 Å². The molecule has 2 rings (SSSR count). The highest BCUT2D eigenvalue weighted by Crippen LogP contribution is 2.32. The van der Waals surface area contributed by atoms with E-state index < -0.39 is 5.92 Å². The zero-order valence-corrected chi connectivity index (χ0v) is 11.7. The Labute approximate surface area is 116 Å². The van der Waals surface area contributed by atoms with E-state index in [2.05, 4.69) is 5.32 Å². The molecule has 0 saturated heterocycles. The van der Waals surface area contributed by atoms with E-state index in [1.807, 2.05) is 6.92 Å². The average Bonchev–Trinajstić information content (AvgIpc) is 2.72. The van der Waals surface area contributed by atoms with Gasteiger partial charge >= 0.3 is 0 Å². The molecule has 1 aromatic carbocycles. The van der Waals surface area contributed by atoms with Crippen molar-refractivity contribution in [3.05, 3.63) is 35.1 Å². The molecule has 0 radical (unpaired) electrons. The van der Waals surface area contributed by atoms with Gasteiger partial charge in [0.25, 0.3) is 11.8 Å². The number of alkyl halides is 2. The van der Waals surface area contributed by atoms with Crippen LogP contribution in [0.25, 0.3) is 11.0 Å². The Balaban J connectivity index is 2.45. The van der Waals surface area contributed by atoms with Gasteiger partial charge in [-0.25, -0.2) is 8.78 Å². The molecule has 0 aliphatic rings. The lowest BCUT2D eigenvalue weighted by Gasteiger charge is -2.09. The SMILES string of the molecule is CCCNC(=O)c1oc2ccc(C(C)(F)F)cc2c1C. The lowest BCUT2D eigenvalue weighted by molar-refractivity contribution is 0.0176. The third kappa shape index (κ3) is 2.66. The highest BCUT2D eigenvalue weighted by atomic mass is 19.3. The minimum atomic E-state index is -2.91. The van der Waals surface area contributed by atoms with Crippen LogP contribution in [0.4, 0.5) is 8.78 Å². The van der Waals surface area contributed by atoms with Gasteiger partial charge in [-0.15, -0.1) is 0 Å². The molecule has 0 aliphatic heterocycles. The van der Waals surface area contributed by atoms with Crippen molar-refractivity contribution in [1.29, 1.82) is 0 Å². The highest BCUT2D eigenvalue weighted by Gasteiger charge is 2.26. The molecule has 5 heteroatoms. The monoisotopic (exact) mass is 281 g/mol. The fourth-order valence-electron chi connectivity index (χ4n) is 2.03. The number of carbonyl (C=O) groups is 1. The molecule has 108 valence electrons. The first-order chi connectivity index (χ1) is 9.34. The van der Waals surface area contributed by atoms with Crippen molar-refractivity contribution in [2.24, 2.45) is 0 Å². The number of hydrogen-bond acceptors (Lipinski definition) is 2. The van der Waals surface area contributed by atoms with Gasteiger partial charge in [0, 0.05) is 30.0 Å². The Morgan fingerprint density at radius 1 is 1.40 bits per heavy atom. The van der Waals surface area contributed by atoms with Gasteiger partial charge in [0.15, 0.2) is 5.76 Å². The van der Waals surface area contributed by atoms with Gasteiger partial charge in [-0.05, 0) is 31.5 Å². The molecule has 1 amide bonds. The number of nitrogens with one attached hydrogen (secondary N) is 1. The van der Waals surface area contributed by atoms with Crippen LogP contribution in [0.2, 0.25) is 0 Å². The molecule has 3 nitrogen and oxygen atoms in total. The number of carbonyl (C=O) groups excluding carboxylic acids is 1. The number of halogens is 2. The predicted octanol–water partition coefficient (Wildman–Crippen LogP) is 3.99. The Kier molecular flexibility index (Phi) is 3.79. The number of fused-ring (bicyclic) bond motifs is 1.